The van der Waals surface area contributed by atoms with Crippen LogP contribution in [0.4, 0.5) is 5.69 Å². The summed E-state index contributed by atoms with van der Waals surface area (Å²) >= 11 is 0. The van der Waals surface area contributed by atoms with Crippen LogP contribution < -0.4 is 10.6 Å². The van der Waals surface area contributed by atoms with E-state index >= 15 is 0 Å². The van der Waals surface area contributed by atoms with Crippen LogP contribution >= 0.6 is 0 Å². The Kier molecular flexibility index (Phi) is 4.43. The largest absolute Gasteiger partial charge is 0.495 e. The molecule has 1 aromatic heterocycles. The SMILES string of the molecule is CO/C(=C1\C(=O)N(C(C)=O)c2ccc(-n3ccn(C)c3=O)cc21)c1ccccc1. The third kappa shape index (κ3) is 2.87. The van der Waals surface area contributed by atoms with Gasteiger partial charge in [-0.3, -0.25) is 14.2 Å². The number of aryl methyl sites for hydroxylation is 1. The summed E-state index contributed by atoms with van der Waals surface area (Å²) in [6.07, 6.45) is 3.31. The Hall–Kier alpha value is -3.87. The fourth-order valence-electron chi connectivity index (χ4n) is 3.55. The summed E-state index contributed by atoms with van der Waals surface area (Å²) in [5.41, 5.74) is 2.40. The smallest absolute Gasteiger partial charge is 0.332 e. The van der Waals surface area contributed by atoms with Gasteiger partial charge in [-0.2, -0.15) is 0 Å². The lowest BCUT2D eigenvalue weighted by atomic mass is 10.0. The van der Waals surface area contributed by atoms with Crippen molar-refractivity contribution in [3.63, 3.8) is 0 Å². The quantitative estimate of drug-likeness (QED) is 0.510. The van der Waals surface area contributed by atoms with Crippen LogP contribution in [0.1, 0.15) is 18.1 Å². The van der Waals surface area contributed by atoms with Gasteiger partial charge in [0.2, 0.25) is 5.91 Å². The number of hydrogen-bond acceptors (Lipinski definition) is 4. The van der Waals surface area contributed by atoms with Crippen LogP contribution in [0.3, 0.4) is 0 Å². The van der Waals surface area contributed by atoms with Crippen molar-refractivity contribution in [1.82, 2.24) is 9.13 Å². The van der Waals surface area contributed by atoms with E-state index in [2.05, 4.69) is 0 Å². The van der Waals surface area contributed by atoms with E-state index in [1.54, 1.807) is 37.6 Å². The van der Waals surface area contributed by atoms with Gasteiger partial charge >= 0.3 is 5.69 Å². The van der Waals surface area contributed by atoms with Gasteiger partial charge in [-0.25, -0.2) is 9.69 Å². The molecule has 0 saturated heterocycles. The summed E-state index contributed by atoms with van der Waals surface area (Å²) in [6.45, 7) is 1.34. The molecule has 0 radical (unpaired) electrons. The molecule has 2 amide bonds. The number of anilines is 1. The lowest BCUT2D eigenvalue weighted by molar-refractivity contribution is -0.122. The Morgan fingerprint density at radius 1 is 1.00 bits per heavy atom. The lowest BCUT2D eigenvalue weighted by Crippen LogP contribution is -2.31. The Labute approximate surface area is 167 Å². The third-order valence-corrected chi connectivity index (χ3v) is 4.91. The summed E-state index contributed by atoms with van der Waals surface area (Å²) in [7, 11) is 3.15. The van der Waals surface area contributed by atoms with E-state index < -0.39 is 5.91 Å². The number of aromatic nitrogens is 2. The molecule has 7 heteroatoms. The van der Waals surface area contributed by atoms with Crippen LogP contribution in [0.2, 0.25) is 0 Å². The maximum Gasteiger partial charge on any atom is 0.332 e. The predicted molar refractivity (Wildman–Crippen MR) is 109 cm³/mol. The first kappa shape index (κ1) is 18.5. The summed E-state index contributed by atoms with van der Waals surface area (Å²) in [5, 5.41) is 0. The number of imide groups is 1. The minimum absolute atomic E-state index is 0.210. The van der Waals surface area contributed by atoms with Gasteiger partial charge in [0.15, 0.2) is 0 Å². The minimum atomic E-state index is -0.453. The standard InChI is InChI=1S/C22H19N3O4/c1-14(26)25-18-10-9-16(24-12-11-23(2)22(24)28)13-17(18)19(21(25)27)20(29-3)15-7-5-4-6-8-15/h4-13H,1-3H3/b20-19-. The van der Waals surface area contributed by atoms with Crippen LogP contribution in [-0.4, -0.2) is 28.1 Å². The van der Waals surface area contributed by atoms with Gasteiger partial charge in [0, 0.05) is 37.5 Å². The van der Waals surface area contributed by atoms with Crippen LogP contribution in [0, 0.1) is 0 Å². The molecule has 2 heterocycles. The highest BCUT2D eigenvalue weighted by Crippen LogP contribution is 2.42. The topological polar surface area (TPSA) is 73.5 Å². The van der Waals surface area contributed by atoms with E-state index in [0.29, 0.717) is 22.7 Å². The van der Waals surface area contributed by atoms with Crippen molar-refractivity contribution in [2.24, 2.45) is 7.05 Å². The normalized spacial score (nSPS) is 14.7. The summed E-state index contributed by atoms with van der Waals surface area (Å²) < 4.78 is 8.54. The number of imidazole rings is 1. The average Bonchev–Trinajstić information content (AvgIpc) is 3.20. The molecular weight excluding hydrogens is 370 g/mol. The van der Waals surface area contributed by atoms with Gasteiger partial charge in [0.1, 0.15) is 5.76 Å². The van der Waals surface area contributed by atoms with Crippen LogP contribution in [0.25, 0.3) is 17.0 Å². The summed E-state index contributed by atoms with van der Waals surface area (Å²) in [4.78, 5) is 38.9. The molecule has 0 aliphatic carbocycles. The molecule has 4 rings (SSSR count). The Bertz CT molecular complexity index is 1220. The molecular formula is C22H19N3O4. The summed E-state index contributed by atoms with van der Waals surface area (Å²) in [6, 6.07) is 14.3. The van der Waals surface area contributed by atoms with E-state index in [1.807, 2.05) is 30.3 Å². The number of ether oxygens (including phenoxy) is 1. The van der Waals surface area contributed by atoms with Gasteiger partial charge in [-0.05, 0) is 18.2 Å². The van der Waals surface area contributed by atoms with E-state index in [-0.39, 0.29) is 17.2 Å². The highest BCUT2D eigenvalue weighted by atomic mass is 16.5. The molecule has 1 aliphatic rings. The van der Waals surface area contributed by atoms with E-state index in [4.69, 9.17) is 4.74 Å². The van der Waals surface area contributed by atoms with Crippen molar-refractivity contribution in [3.8, 4) is 5.69 Å². The average molecular weight is 389 g/mol. The van der Waals surface area contributed by atoms with Crippen LogP contribution in [-0.2, 0) is 21.4 Å². The Morgan fingerprint density at radius 3 is 2.31 bits per heavy atom. The molecule has 0 bridgehead atoms. The molecule has 2 aromatic carbocycles. The first-order valence-electron chi connectivity index (χ1n) is 9.01. The summed E-state index contributed by atoms with van der Waals surface area (Å²) in [5.74, 6) is -0.469. The molecule has 1 aliphatic heterocycles. The maximum absolute atomic E-state index is 13.2. The molecule has 0 saturated carbocycles. The van der Waals surface area contributed by atoms with Gasteiger partial charge in [0.25, 0.3) is 5.91 Å². The molecule has 146 valence electrons. The number of methoxy groups -OCH3 is 1. The maximum atomic E-state index is 13.2. The van der Waals surface area contributed by atoms with Crippen molar-refractivity contribution in [2.75, 3.05) is 12.0 Å². The van der Waals surface area contributed by atoms with Gasteiger partial charge in [-0.1, -0.05) is 30.3 Å². The Balaban J connectivity index is 2.00. The van der Waals surface area contributed by atoms with Crippen LogP contribution in [0.15, 0.2) is 65.7 Å². The first-order chi connectivity index (χ1) is 13.9. The number of rotatable bonds is 3. The number of nitrogens with zero attached hydrogens (tertiary/aromatic N) is 3. The number of hydrogen-bond donors (Lipinski definition) is 0. The van der Waals surface area contributed by atoms with Crippen molar-refractivity contribution in [1.29, 1.82) is 0 Å². The molecule has 3 aromatic rings. The number of carbonyl (C=O) groups excluding carboxylic acids is 2. The molecule has 0 N–H and O–H groups in total. The zero-order valence-electron chi connectivity index (χ0n) is 16.2. The predicted octanol–water partition coefficient (Wildman–Crippen LogP) is 2.58. The van der Waals surface area contributed by atoms with Gasteiger partial charge in [-0.15, -0.1) is 0 Å². The molecule has 0 unspecified atom stereocenters. The molecule has 0 atom stereocenters. The molecule has 7 nitrogen and oxygen atoms in total. The highest BCUT2D eigenvalue weighted by molar-refractivity contribution is 6.43. The van der Waals surface area contributed by atoms with E-state index in [9.17, 15) is 14.4 Å². The Morgan fingerprint density at radius 2 is 1.72 bits per heavy atom. The van der Waals surface area contributed by atoms with Crippen molar-refractivity contribution in [2.45, 2.75) is 6.92 Å². The minimum Gasteiger partial charge on any atom is -0.495 e. The fraction of sp³-hybridized carbons (Fsp3) is 0.136. The monoisotopic (exact) mass is 389 g/mol. The van der Waals surface area contributed by atoms with Crippen molar-refractivity contribution >= 4 is 28.8 Å². The van der Waals surface area contributed by atoms with Crippen LogP contribution in [0.5, 0.6) is 0 Å². The van der Waals surface area contributed by atoms with Gasteiger partial charge in [0.05, 0.1) is 24.1 Å². The number of amides is 2. The number of benzene rings is 2. The second-order valence-corrected chi connectivity index (χ2v) is 6.70. The second-order valence-electron chi connectivity index (χ2n) is 6.70. The van der Waals surface area contributed by atoms with Crippen molar-refractivity contribution in [3.05, 3.63) is 82.5 Å². The lowest BCUT2D eigenvalue weighted by Gasteiger charge is -2.12. The zero-order chi connectivity index (χ0) is 20.7. The van der Waals surface area contributed by atoms with Crippen molar-refractivity contribution < 1.29 is 14.3 Å². The fourth-order valence-corrected chi connectivity index (χ4v) is 3.55. The van der Waals surface area contributed by atoms with E-state index in [1.165, 1.54) is 23.2 Å². The molecule has 0 fully saturated rings. The van der Waals surface area contributed by atoms with Gasteiger partial charge < -0.3 is 9.30 Å². The third-order valence-electron chi connectivity index (χ3n) is 4.91. The number of fused-ring (bicyclic) bond motifs is 1. The number of carbonyl (C=O) groups is 2. The molecule has 29 heavy (non-hydrogen) atoms. The van der Waals surface area contributed by atoms with E-state index in [0.717, 1.165) is 10.5 Å². The zero-order valence-corrected chi connectivity index (χ0v) is 16.2. The molecule has 0 spiro atoms. The highest BCUT2D eigenvalue weighted by Gasteiger charge is 2.38. The first-order valence-corrected chi connectivity index (χ1v) is 9.01. The second kappa shape index (κ2) is 6.94.